The lowest BCUT2D eigenvalue weighted by atomic mass is 9.88. The van der Waals surface area contributed by atoms with E-state index < -0.39 is 5.54 Å². The van der Waals surface area contributed by atoms with Crippen LogP contribution in [-0.2, 0) is 18.4 Å². The van der Waals surface area contributed by atoms with Crippen molar-refractivity contribution in [1.29, 1.82) is 0 Å². The fourth-order valence-corrected chi connectivity index (χ4v) is 4.27. The predicted octanol–water partition coefficient (Wildman–Crippen LogP) is 8.24. The van der Waals surface area contributed by atoms with Gasteiger partial charge in [-0.3, -0.25) is 0 Å². The smallest absolute Gasteiger partial charge is 0.122 e. The number of hydrogen-bond donors (Lipinski definition) is 0. The average molecular weight is 455 g/mol. The predicted molar refractivity (Wildman–Crippen MR) is 139 cm³/mol. The van der Waals surface area contributed by atoms with Crippen LogP contribution in [0.1, 0.15) is 48.2 Å². The molecule has 0 saturated heterocycles. The van der Waals surface area contributed by atoms with Gasteiger partial charge in [0, 0.05) is 10.4 Å². The van der Waals surface area contributed by atoms with E-state index in [2.05, 4.69) is 47.7 Å². The maximum atomic E-state index is 11.3. The van der Waals surface area contributed by atoms with Crippen LogP contribution in [0, 0.1) is 4.91 Å². The van der Waals surface area contributed by atoms with Crippen molar-refractivity contribution in [3.05, 3.63) is 117 Å². The minimum Gasteiger partial charge on any atom is -0.248 e. The summed E-state index contributed by atoms with van der Waals surface area (Å²) in [5, 5.41) is 5.09. The Labute approximate surface area is 200 Å². The Kier molecular flexibility index (Phi) is 7.00. The van der Waals surface area contributed by atoms with Crippen molar-refractivity contribution in [2.45, 2.75) is 38.6 Å². The number of rotatable bonds is 8. The topological polar surface area (TPSA) is 42.3 Å². The molecule has 3 nitrogen and oxygen atoms in total. The van der Waals surface area contributed by atoms with E-state index >= 15 is 0 Å². The lowest BCUT2D eigenvalue weighted by Gasteiger charge is -2.20. The molecule has 0 radical (unpaired) electrons. The molecule has 1 aromatic heterocycles. The molecule has 0 fully saturated rings. The minimum absolute atomic E-state index is 0.692. The molecule has 1 heterocycles. The quantitative estimate of drug-likeness (QED) is 0.251. The number of pyridine rings is 1. The van der Waals surface area contributed by atoms with Crippen LogP contribution >= 0.6 is 11.6 Å². The second kappa shape index (κ2) is 10.1. The Morgan fingerprint density at radius 3 is 2.58 bits per heavy atom. The SMILES string of the molecule is CC(C)(N=O)c1ccccc1CCCc1cccc(/C=C/c2ccc3ccc(Cl)cc3n2)c1. The summed E-state index contributed by atoms with van der Waals surface area (Å²) in [5.41, 5.74) is 5.74. The van der Waals surface area contributed by atoms with Crippen LogP contribution in [0.5, 0.6) is 0 Å². The number of aromatic nitrogens is 1. The number of nitrogens with zero attached hydrogens (tertiary/aromatic N) is 2. The summed E-state index contributed by atoms with van der Waals surface area (Å²) in [6.45, 7) is 3.74. The number of nitroso groups, excluding NO2 is 1. The van der Waals surface area contributed by atoms with E-state index in [1.165, 1.54) is 11.1 Å². The highest BCUT2D eigenvalue weighted by atomic mass is 35.5. The number of fused-ring (bicyclic) bond motifs is 1. The Bertz CT molecular complexity index is 1310. The van der Waals surface area contributed by atoms with Crippen molar-refractivity contribution in [2.24, 2.45) is 5.18 Å². The third-order valence-corrected chi connectivity index (χ3v) is 6.12. The molecule has 4 rings (SSSR count). The first-order chi connectivity index (χ1) is 15.9. The zero-order chi connectivity index (χ0) is 23.3. The maximum Gasteiger partial charge on any atom is 0.122 e. The molecule has 0 aliphatic carbocycles. The van der Waals surface area contributed by atoms with Crippen molar-refractivity contribution >= 4 is 34.7 Å². The largest absolute Gasteiger partial charge is 0.248 e. The second-order valence-corrected chi connectivity index (χ2v) is 9.25. The maximum absolute atomic E-state index is 11.3. The van der Waals surface area contributed by atoms with Crippen molar-refractivity contribution in [2.75, 3.05) is 0 Å². The van der Waals surface area contributed by atoms with Gasteiger partial charge < -0.3 is 0 Å². The zero-order valence-corrected chi connectivity index (χ0v) is 19.7. The van der Waals surface area contributed by atoms with Crippen LogP contribution in [0.4, 0.5) is 0 Å². The minimum atomic E-state index is -0.705. The summed E-state index contributed by atoms with van der Waals surface area (Å²) in [4.78, 5) is 16.0. The molecule has 33 heavy (non-hydrogen) atoms. The fourth-order valence-electron chi connectivity index (χ4n) is 4.10. The van der Waals surface area contributed by atoms with Crippen LogP contribution in [0.25, 0.3) is 23.1 Å². The molecule has 0 saturated carbocycles. The molecule has 3 aromatic carbocycles. The Balaban J connectivity index is 1.42. The molecule has 0 N–H and O–H groups in total. The molecule has 166 valence electrons. The van der Waals surface area contributed by atoms with Crippen LogP contribution in [0.15, 0.2) is 84.0 Å². The summed E-state index contributed by atoms with van der Waals surface area (Å²) in [5.74, 6) is 0. The van der Waals surface area contributed by atoms with Crippen LogP contribution in [-0.4, -0.2) is 4.98 Å². The van der Waals surface area contributed by atoms with Gasteiger partial charge in [-0.15, -0.1) is 4.91 Å². The first kappa shape index (κ1) is 22.9. The third kappa shape index (κ3) is 5.74. The fraction of sp³-hybridized carbons (Fsp3) is 0.207. The Hall–Kier alpha value is -3.30. The molecular weight excluding hydrogens is 428 g/mol. The first-order valence-corrected chi connectivity index (χ1v) is 11.6. The van der Waals surface area contributed by atoms with Gasteiger partial charge in [0.2, 0.25) is 0 Å². The standard InChI is InChI=1S/C29H27ClN2O/c1-29(2,32-33)27-12-4-3-10-23(27)11-6-9-21-7-5-8-22(19-21)13-17-26-18-15-24-14-16-25(30)20-28(24)31-26/h3-5,7-8,10,12-20H,6,9,11H2,1-2H3/b17-13+. The summed E-state index contributed by atoms with van der Waals surface area (Å²) >= 11 is 6.10. The van der Waals surface area contributed by atoms with Crippen LogP contribution in [0.3, 0.4) is 0 Å². The van der Waals surface area contributed by atoms with E-state index in [4.69, 9.17) is 16.6 Å². The number of benzene rings is 3. The van der Waals surface area contributed by atoms with E-state index in [0.717, 1.165) is 47.0 Å². The first-order valence-electron chi connectivity index (χ1n) is 11.2. The Morgan fingerprint density at radius 2 is 1.73 bits per heavy atom. The van der Waals surface area contributed by atoms with Gasteiger partial charge in [-0.25, -0.2) is 4.98 Å². The van der Waals surface area contributed by atoms with E-state index in [1.807, 2.05) is 62.4 Å². The molecule has 0 bridgehead atoms. The van der Waals surface area contributed by atoms with Crippen LogP contribution < -0.4 is 0 Å². The molecule has 4 aromatic rings. The molecule has 0 aliphatic heterocycles. The Morgan fingerprint density at radius 1 is 0.909 bits per heavy atom. The molecule has 0 unspecified atom stereocenters. The van der Waals surface area contributed by atoms with Gasteiger partial charge >= 0.3 is 0 Å². The van der Waals surface area contributed by atoms with E-state index in [0.29, 0.717) is 5.02 Å². The van der Waals surface area contributed by atoms with Crippen molar-refractivity contribution in [1.82, 2.24) is 4.98 Å². The summed E-state index contributed by atoms with van der Waals surface area (Å²) in [6.07, 6.45) is 7.02. The lowest BCUT2D eigenvalue weighted by Crippen LogP contribution is -2.15. The second-order valence-electron chi connectivity index (χ2n) is 8.81. The van der Waals surface area contributed by atoms with Crippen molar-refractivity contribution in [3.63, 3.8) is 0 Å². The molecule has 0 amide bonds. The van der Waals surface area contributed by atoms with E-state index in [-0.39, 0.29) is 0 Å². The van der Waals surface area contributed by atoms with Gasteiger partial charge in [0.05, 0.1) is 11.2 Å². The monoisotopic (exact) mass is 454 g/mol. The van der Waals surface area contributed by atoms with Gasteiger partial charge in [0.15, 0.2) is 0 Å². The number of halogens is 1. The van der Waals surface area contributed by atoms with Crippen LogP contribution in [0.2, 0.25) is 5.02 Å². The van der Waals surface area contributed by atoms with E-state index in [1.54, 1.807) is 0 Å². The van der Waals surface area contributed by atoms with Gasteiger partial charge in [-0.1, -0.05) is 83.5 Å². The lowest BCUT2D eigenvalue weighted by molar-refractivity contribution is 0.544. The molecule has 0 atom stereocenters. The molecule has 4 heteroatoms. The molecular formula is C29H27ClN2O. The van der Waals surface area contributed by atoms with Crippen molar-refractivity contribution < 1.29 is 0 Å². The average Bonchev–Trinajstić information content (AvgIpc) is 2.83. The highest BCUT2D eigenvalue weighted by molar-refractivity contribution is 6.31. The van der Waals surface area contributed by atoms with Gasteiger partial charge in [0.1, 0.15) is 5.54 Å². The highest BCUT2D eigenvalue weighted by Crippen LogP contribution is 2.28. The highest BCUT2D eigenvalue weighted by Gasteiger charge is 2.23. The normalized spacial score (nSPS) is 11.8. The summed E-state index contributed by atoms with van der Waals surface area (Å²) in [6, 6.07) is 26.5. The van der Waals surface area contributed by atoms with Gasteiger partial charge in [-0.2, -0.15) is 0 Å². The number of aryl methyl sites for hydroxylation is 2. The van der Waals surface area contributed by atoms with Gasteiger partial charge in [0.25, 0.3) is 0 Å². The summed E-state index contributed by atoms with van der Waals surface area (Å²) in [7, 11) is 0. The summed E-state index contributed by atoms with van der Waals surface area (Å²) < 4.78 is 0. The van der Waals surface area contributed by atoms with Crippen molar-refractivity contribution in [3.8, 4) is 0 Å². The third-order valence-electron chi connectivity index (χ3n) is 5.89. The van der Waals surface area contributed by atoms with E-state index in [9.17, 15) is 4.91 Å². The molecule has 0 aliphatic rings. The van der Waals surface area contributed by atoms with Gasteiger partial charge in [-0.05, 0) is 79.6 Å². The zero-order valence-electron chi connectivity index (χ0n) is 19.0. The number of hydrogen-bond acceptors (Lipinski definition) is 3. The molecule has 0 spiro atoms.